The predicted molar refractivity (Wildman–Crippen MR) is 63.8 cm³/mol. The van der Waals surface area contributed by atoms with Gasteiger partial charge in [-0.25, -0.2) is 0 Å². The normalized spacial score (nSPS) is 23.9. The molecule has 0 aliphatic heterocycles. The summed E-state index contributed by atoms with van der Waals surface area (Å²) in [5.41, 5.74) is -0.0671. The van der Waals surface area contributed by atoms with E-state index in [1.165, 1.54) is 0 Å². The molecule has 0 saturated heterocycles. The fourth-order valence-corrected chi connectivity index (χ4v) is 4.67. The summed E-state index contributed by atoms with van der Waals surface area (Å²) in [7, 11) is -4.18. The van der Waals surface area contributed by atoms with E-state index < -0.39 is 43.5 Å². The lowest BCUT2D eigenvalue weighted by Crippen LogP contribution is -2.37. The van der Waals surface area contributed by atoms with Crippen LogP contribution in [0.3, 0.4) is 0 Å². The maximum absolute atomic E-state index is 12.2. The average molecular weight is 295 g/mol. The van der Waals surface area contributed by atoms with Crippen molar-refractivity contribution in [3.8, 4) is 0 Å². The number of carbonyl (C=O) groups excluding carboxylic acids is 2. The SMILES string of the molecule is O=C([O-])CCP(=O)([O-])C1Cc2ccccc2C1C(=O)[O-]. The van der Waals surface area contributed by atoms with Crippen molar-refractivity contribution in [2.45, 2.75) is 24.4 Å². The molecule has 0 radical (unpaired) electrons. The smallest absolute Gasteiger partial charge is 0.0496 e. The summed E-state index contributed by atoms with van der Waals surface area (Å²) in [6.07, 6.45) is -1.16. The van der Waals surface area contributed by atoms with Crippen molar-refractivity contribution in [3.63, 3.8) is 0 Å². The van der Waals surface area contributed by atoms with Gasteiger partial charge in [0.05, 0.1) is 0 Å². The molecule has 7 heteroatoms. The summed E-state index contributed by atoms with van der Waals surface area (Å²) in [6, 6.07) is 6.57. The van der Waals surface area contributed by atoms with Crippen LogP contribution in [0.5, 0.6) is 0 Å². The Morgan fingerprint density at radius 1 is 1.25 bits per heavy atom. The molecule has 0 spiro atoms. The molecule has 0 amide bonds. The lowest BCUT2D eigenvalue weighted by molar-refractivity contribution is -0.308. The second-order valence-corrected chi connectivity index (χ2v) is 7.40. The van der Waals surface area contributed by atoms with Crippen LogP contribution in [0, 0.1) is 0 Å². The van der Waals surface area contributed by atoms with Crippen molar-refractivity contribution < 1.29 is 29.3 Å². The maximum Gasteiger partial charge on any atom is 0.0496 e. The number of carboxylic acids is 2. The van der Waals surface area contributed by atoms with Gasteiger partial charge in [0.25, 0.3) is 0 Å². The quantitative estimate of drug-likeness (QED) is 0.592. The molecule has 1 aromatic carbocycles. The first-order valence-electron chi connectivity index (χ1n) is 6.11. The van der Waals surface area contributed by atoms with Gasteiger partial charge in [0.15, 0.2) is 0 Å². The highest BCUT2D eigenvalue weighted by Crippen LogP contribution is 2.53. The lowest BCUT2D eigenvalue weighted by Gasteiger charge is -2.34. The molecule has 0 bridgehead atoms. The van der Waals surface area contributed by atoms with E-state index in [2.05, 4.69) is 0 Å². The minimum Gasteiger partial charge on any atom is -0.799 e. The molecule has 0 saturated carbocycles. The van der Waals surface area contributed by atoms with Gasteiger partial charge in [-0.3, -0.25) is 0 Å². The molecule has 108 valence electrons. The number of benzene rings is 1. The van der Waals surface area contributed by atoms with E-state index in [-0.39, 0.29) is 6.42 Å². The first kappa shape index (κ1) is 14.8. The molecule has 6 nitrogen and oxygen atoms in total. The third kappa shape index (κ3) is 2.76. The van der Waals surface area contributed by atoms with E-state index in [1.807, 2.05) is 0 Å². The number of fused-ring (bicyclic) bond motifs is 1. The summed E-state index contributed by atoms with van der Waals surface area (Å²) in [4.78, 5) is 33.8. The molecule has 1 aromatic rings. The first-order valence-corrected chi connectivity index (χ1v) is 7.99. The fourth-order valence-electron chi connectivity index (χ4n) is 2.64. The largest absolute Gasteiger partial charge is 0.799 e. The van der Waals surface area contributed by atoms with Gasteiger partial charge in [-0.1, -0.05) is 24.3 Å². The van der Waals surface area contributed by atoms with Gasteiger partial charge >= 0.3 is 0 Å². The summed E-state index contributed by atoms with van der Waals surface area (Å²) in [5.74, 6) is -4.16. The zero-order valence-electron chi connectivity index (χ0n) is 10.5. The summed E-state index contributed by atoms with van der Waals surface area (Å²) < 4.78 is 12.2. The number of carboxylic acid groups (broad SMARTS) is 2. The Labute approximate surface area is 115 Å². The number of aliphatic carboxylic acids is 2. The van der Waals surface area contributed by atoms with Crippen molar-refractivity contribution in [1.82, 2.24) is 0 Å². The van der Waals surface area contributed by atoms with Crippen LogP contribution < -0.4 is 15.1 Å². The lowest BCUT2D eigenvalue weighted by atomic mass is 10.0. The molecule has 0 heterocycles. The zero-order chi connectivity index (χ0) is 14.9. The molecule has 3 atom stereocenters. The van der Waals surface area contributed by atoms with Gasteiger partial charge in [0.1, 0.15) is 0 Å². The molecule has 1 aliphatic rings. The van der Waals surface area contributed by atoms with Crippen molar-refractivity contribution in [1.29, 1.82) is 0 Å². The third-order valence-electron chi connectivity index (χ3n) is 3.59. The molecule has 0 N–H and O–H groups in total. The minimum atomic E-state index is -4.18. The van der Waals surface area contributed by atoms with Gasteiger partial charge < -0.3 is 29.3 Å². The van der Waals surface area contributed by atoms with Gasteiger partial charge in [0, 0.05) is 30.9 Å². The summed E-state index contributed by atoms with van der Waals surface area (Å²) in [5, 5.41) is 21.7. The van der Waals surface area contributed by atoms with Crippen LogP contribution >= 0.6 is 7.37 Å². The topological polar surface area (TPSA) is 120 Å². The van der Waals surface area contributed by atoms with Gasteiger partial charge in [-0.2, -0.15) is 0 Å². The molecule has 3 unspecified atom stereocenters. The van der Waals surface area contributed by atoms with Crippen LogP contribution in [-0.2, 0) is 20.6 Å². The van der Waals surface area contributed by atoms with Crippen molar-refractivity contribution >= 4 is 19.3 Å². The predicted octanol–water partition coefficient (Wildman–Crippen LogP) is -1.78. The molecule has 1 aliphatic carbocycles. The summed E-state index contributed by atoms with van der Waals surface area (Å²) >= 11 is 0. The van der Waals surface area contributed by atoms with Crippen LogP contribution in [0.4, 0.5) is 0 Å². The minimum absolute atomic E-state index is 0.0721. The Morgan fingerprint density at radius 3 is 2.50 bits per heavy atom. The highest BCUT2D eigenvalue weighted by atomic mass is 31.2. The second kappa shape index (κ2) is 5.38. The monoisotopic (exact) mass is 295 g/mol. The highest BCUT2D eigenvalue weighted by Gasteiger charge is 2.38. The van der Waals surface area contributed by atoms with E-state index in [0.29, 0.717) is 11.1 Å². The Balaban J connectivity index is 2.31. The number of hydrogen-bond acceptors (Lipinski definition) is 6. The van der Waals surface area contributed by atoms with E-state index in [1.54, 1.807) is 24.3 Å². The zero-order valence-corrected chi connectivity index (χ0v) is 11.4. The first-order chi connectivity index (χ1) is 9.33. The molecule has 20 heavy (non-hydrogen) atoms. The van der Waals surface area contributed by atoms with Crippen molar-refractivity contribution in [3.05, 3.63) is 35.4 Å². The van der Waals surface area contributed by atoms with Crippen LogP contribution in [0.25, 0.3) is 0 Å². The number of hydrogen-bond donors (Lipinski definition) is 0. The standard InChI is InChI=1S/C13H15O6P/c14-11(15)5-6-20(18,19)10-7-8-3-1-2-4-9(8)12(10)13(16)17/h1-4,10,12H,5-7H2,(H,14,15)(H,16,17)(H,18,19)/p-3. The van der Waals surface area contributed by atoms with Crippen LogP contribution in [-0.4, -0.2) is 23.8 Å². The Morgan fingerprint density at radius 2 is 1.90 bits per heavy atom. The molecule has 2 rings (SSSR count). The second-order valence-electron chi connectivity index (χ2n) is 4.84. The van der Waals surface area contributed by atoms with Gasteiger partial charge in [-0.05, 0) is 30.1 Å². The Bertz CT molecular complexity index is 596. The molecule has 0 fully saturated rings. The Hall–Kier alpha value is -1.65. The van der Waals surface area contributed by atoms with Crippen molar-refractivity contribution in [2.75, 3.05) is 6.16 Å². The van der Waals surface area contributed by atoms with Crippen molar-refractivity contribution in [2.24, 2.45) is 0 Å². The van der Waals surface area contributed by atoms with E-state index in [4.69, 9.17) is 0 Å². The average Bonchev–Trinajstić information content (AvgIpc) is 2.76. The molecule has 0 aromatic heterocycles. The fraction of sp³-hybridized carbons (Fsp3) is 0.385. The van der Waals surface area contributed by atoms with E-state index in [0.717, 1.165) is 0 Å². The highest BCUT2D eigenvalue weighted by molar-refractivity contribution is 7.57. The van der Waals surface area contributed by atoms with Gasteiger partial charge in [-0.15, -0.1) is 0 Å². The van der Waals surface area contributed by atoms with Crippen LogP contribution in [0.15, 0.2) is 24.3 Å². The van der Waals surface area contributed by atoms with Gasteiger partial charge in [0.2, 0.25) is 0 Å². The molecular formula is C13H12O6P-3. The molecular weight excluding hydrogens is 283 g/mol. The van der Waals surface area contributed by atoms with Crippen LogP contribution in [0.2, 0.25) is 0 Å². The maximum atomic E-state index is 12.2. The Kier molecular flexibility index (Phi) is 3.97. The third-order valence-corrected chi connectivity index (χ3v) is 5.93. The summed E-state index contributed by atoms with van der Waals surface area (Å²) in [6.45, 7) is 0. The number of carbonyl (C=O) groups is 2. The van der Waals surface area contributed by atoms with Crippen LogP contribution in [0.1, 0.15) is 23.5 Å². The van der Waals surface area contributed by atoms with E-state index >= 15 is 0 Å². The van der Waals surface area contributed by atoms with E-state index in [9.17, 15) is 29.3 Å². The number of rotatable bonds is 5.